The highest BCUT2D eigenvalue weighted by Gasteiger charge is 2.25. The number of hydrazine groups is 1. The highest BCUT2D eigenvalue weighted by molar-refractivity contribution is 6.42. The van der Waals surface area contributed by atoms with E-state index >= 15 is 0 Å². The van der Waals surface area contributed by atoms with Crippen LogP contribution in [-0.2, 0) is 20.9 Å². The molecule has 194 valence electrons. The van der Waals surface area contributed by atoms with Gasteiger partial charge >= 0.3 is 5.97 Å². The van der Waals surface area contributed by atoms with Crippen LogP contribution in [0.4, 0.5) is 5.69 Å². The number of nitrogens with zero attached hydrogens (tertiary/aromatic N) is 2. The summed E-state index contributed by atoms with van der Waals surface area (Å²) in [5.41, 5.74) is 14.9. The first-order valence-corrected chi connectivity index (χ1v) is 12.0. The summed E-state index contributed by atoms with van der Waals surface area (Å²) in [6.07, 6.45) is -0.431. The molecule has 0 saturated carbocycles. The molecule has 2 rings (SSSR count). The van der Waals surface area contributed by atoms with Crippen molar-refractivity contribution in [3.63, 3.8) is 0 Å². The van der Waals surface area contributed by atoms with Gasteiger partial charge in [-0.05, 0) is 48.7 Å². The van der Waals surface area contributed by atoms with Crippen molar-refractivity contribution in [1.29, 1.82) is 5.41 Å². The molecule has 2 amide bonds. The third kappa shape index (κ3) is 8.51. The third-order valence-corrected chi connectivity index (χ3v) is 6.42. The summed E-state index contributed by atoms with van der Waals surface area (Å²) in [7, 11) is 0. The number of halogens is 4. The van der Waals surface area contributed by atoms with Gasteiger partial charge in [0.2, 0.25) is 5.91 Å². The number of carboxylic acid groups (broad SMARTS) is 1. The molecule has 0 aliphatic heterocycles. The fourth-order valence-electron chi connectivity index (χ4n) is 3.04. The normalized spacial score (nSPS) is 11.6. The Morgan fingerprint density at radius 2 is 1.58 bits per heavy atom. The Balaban J connectivity index is 2.19. The van der Waals surface area contributed by atoms with Crippen LogP contribution < -0.4 is 21.9 Å². The number of amides is 2. The molecule has 0 aromatic heterocycles. The largest absolute Gasteiger partial charge is 0.480 e. The zero-order valence-electron chi connectivity index (χ0n) is 18.8. The Morgan fingerprint density at radius 3 is 2.14 bits per heavy atom. The van der Waals surface area contributed by atoms with Gasteiger partial charge in [0.05, 0.1) is 25.8 Å². The van der Waals surface area contributed by atoms with E-state index in [-0.39, 0.29) is 36.0 Å². The number of aliphatic carboxylic acids is 1. The van der Waals surface area contributed by atoms with E-state index in [0.29, 0.717) is 21.3 Å². The molecule has 0 spiro atoms. The van der Waals surface area contributed by atoms with Gasteiger partial charge in [0.25, 0.3) is 5.91 Å². The molecular weight excluding hydrogens is 554 g/mol. The molecule has 1 atom stereocenters. The predicted molar refractivity (Wildman–Crippen MR) is 140 cm³/mol. The highest BCUT2D eigenvalue weighted by atomic mass is 35.5. The Labute approximate surface area is 227 Å². The number of rotatable bonds is 11. The molecule has 10 nitrogen and oxygen atoms in total. The van der Waals surface area contributed by atoms with Gasteiger partial charge < -0.3 is 16.6 Å². The second kappa shape index (κ2) is 13.6. The molecule has 0 aliphatic rings. The van der Waals surface area contributed by atoms with E-state index in [4.69, 9.17) is 68.4 Å². The van der Waals surface area contributed by atoms with Gasteiger partial charge in [0.15, 0.2) is 5.96 Å². The monoisotopic (exact) mass is 576 g/mol. The Hall–Kier alpha value is -2.60. The lowest BCUT2D eigenvalue weighted by atomic mass is 10.1. The molecule has 0 heterocycles. The Bertz CT molecular complexity index is 1150. The maximum Gasteiger partial charge on any atom is 0.320 e. The van der Waals surface area contributed by atoms with Crippen molar-refractivity contribution in [2.75, 3.05) is 11.6 Å². The van der Waals surface area contributed by atoms with Gasteiger partial charge in [0, 0.05) is 13.1 Å². The molecule has 0 radical (unpaired) electrons. The number of hydrogen-bond acceptors (Lipinski definition) is 6. The van der Waals surface area contributed by atoms with Crippen molar-refractivity contribution in [3.05, 3.63) is 62.1 Å². The van der Waals surface area contributed by atoms with E-state index in [9.17, 15) is 14.4 Å². The van der Waals surface area contributed by atoms with E-state index in [1.54, 1.807) is 18.2 Å². The Kier molecular flexibility index (Phi) is 11.2. The fraction of sp³-hybridized carbons (Fsp3) is 0.273. The van der Waals surface area contributed by atoms with Crippen molar-refractivity contribution < 1.29 is 19.5 Å². The predicted octanol–water partition coefficient (Wildman–Crippen LogP) is 3.64. The minimum absolute atomic E-state index is 0.0565. The minimum Gasteiger partial charge on any atom is -0.480 e. The van der Waals surface area contributed by atoms with Crippen LogP contribution in [-0.4, -0.2) is 46.3 Å². The number of benzene rings is 2. The first kappa shape index (κ1) is 29.6. The maximum absolute atomic E-state index is 13.2. The van der Waals surface area contributed by atoms with Gasteiger partial charge in [-0.15, -0.1) is 0 Å². The lowest BCUT2D eigenvalue weighted by molar-refractivity contribution is -0.138. The number of carboxylic acids is 1. The number of carbonyl (C=O) groups excluding carboxylic acids is 2. The molecule has 7 N–H and O–H groups in total. The van der Waals surface area contributed by atoms with Crippen molar-refractivity contribution in [3.8, 4) is 0 Å². The first-order chi connectivity index (χ1) is 16.9. The van der Waals surface area contributed by atoms with Crippen LogP contribution in [0.15, 0.2) is 36.4 Å². The van der Waals surface area contributed by atoms with Gasteiger partial charge in [-0.2, -0.15) is 0 Å². The smallest absolute Gasteiger partial charge is 0.320 e. The topological polar surface area (TPSA) is 166 Å². The lowest BCUT2D eigenvalue weighted by Gasteiger charge is -2.26. The standard InChI is InChI=1S/C22H24Cl4N6O4/c23-14-5-3-12(8-16(14)25)11-30-32(13-4-6-15(24)17(26)9-13)20(34)10-19(33)31(22(28)29)7-1-2-18(27)21(35)36/h3-6,8-9,18,30H,1-2,7,10-11,27H2,(H3,28,29)(H,35,36). The summed E-state index contributed by atoms with van der Waals surface area (Å²) < 4.78 is 0. The van der Waals surface area contributed by atoms with Gasteiger partial charge in [-0.3, -0.25) is 24.7 Å². The van der Waals surface area contributed by atoms with Crippen molar-refractivity contribution >= 4 is 75.8 Å². The van der Waals surface area contributed by atoms with Crippen molar-refractivity contribution in [1.82, 2.24) is 10.3 Å². The number of carbonyl (C=O) groups is 3. The maximum atomic E-state index is 13.2. The van der Waals surface area contributed by atoms with Crippen molar-refractivity contribution in [2.45, 2.75) is 31.8 Å². The number of hydrogen-bond donors (Lipinski definition) is 5. The van der Waals surface area contributed by atoms with E-state index < -0.39 is 36.2 Å². The fourth-order valence-corrected chi connectivity index (χ4v) is 3.66. The summed E-state index contributed by atoms with van der Waals surface area (Å²) in [5, 5.41) is 18.9. The second-order valence-electron chi connectivity index (χ2n) is 7.61. The Morgan fingerprint density at radius 1 is 0.972 bits per heavy atom. The van der Waals surface area contributed by atoms with Crippen LogP contribution in [0.1, 0.15) is 24.8 Å². The average Bonchev–Trinajstić information content (AvgIpc) is 2.80. The third-order valence-electron chi connectivity index (χ3n) is 4.94. The van der Waals surface area contributed by atoms with Crippen LogP contribution in [0.5, 0.6) is 0 Å². The summed E-state index contributed by atoms with van der Waals surface area (Å²) >= 11 is 24.1. The number of anilines is 1. The molecule has 36 heavy (non-hydrogen) atoms. The summed E-state index contributed by atoms with van der Waals surface area (Å²) in [5.74, 6) is -3.19. The van der Waals surface area contributed by atoms with Gasteiger partial charge in [0.1, 0.15) is 12.5 Å². The number of nitrogens with two attached hydrogens (primary N) is 2. The molecule has 0 bridgehead atoms. The SMILES string of the molecule is N=C(N)N(CCCC(N)C(=O)O)C(=O)CC(=O)N(NCc1ccc(Cl)c(Cl)c1)c1ccc(Cl)c(Cl)c1. The molecule has 0 saturated heterocycles. The number of guanidine groups is 1. The van der Waals surface area contributed by atoms with Crippen LogP contribution in [0.25, 0.3) is 0 Å². The van der Waals surface area contributed by atoms with E-state index in [1.807, 2.05) is 0 Å². The van der Waals surface area contributed by atoms with E-state index in [0.717, 1.165) is 9.91 Å². The summed E-state index contributed by atoms with van der Waals surface area (Å²) in [6, 6.07) is 8.30. The molecule has 2 aromatic rings. The van der Waals surface area contributed by atoms with E-state index in [1.165, 1.54) is 18.2 Å². The summed E-state index contributed by atoms with van der Waals surface area (Å²) in [6.45, 7) is 0.0620. The van der Waals surface area contributed by atoms with E-state index in [2.05, 4.69) is 5.43 Å². The van der Waals surface area contributed by atoms with Crippen LogP contribution in [0.3, 0.4) is 0 Å². The van der Waals surface area contributed by atoms with Crippen LogP contribution in [0.2, 0.25) is 20.1 Å². The van der Waals surface area contributed by atoms with Crippen LogP contribution in [0, 0.1) is 5.41 Å². The summed E-state index contributed by atoms with van der Waals surface area (Å²) in [4.78, 5) is 37.8. The van der Waals surface area contributed by atoms with Gasteiger partial charge in [-0.25, -0.2) is 10.4 Å². The quantitative estimate of drug-likeness (QED) is 0.118. The van der Waals surface area contributed by atoms with Gasteiger partial charge in [-0.1, -0.05) is 52.5 Å². The molecule has 1 unspecified atom stereocenters. The molecule has 2 aromatic carbocycles. The number of nitrogens with one attached hydrogen (secondary N) is 2. The average molecular weight is 578 g/mol. The van der Waals surface area contributed by atoms with Crippen molar-refractivity contribution in [2.24, 2.45) is 11.5 Å². The highest BCUT2D eigenvalue weighted by Crippen LogP contribution is 2.27. The zero-order chi connectivity index (χ0) is 27.0. The second-order valence-corrected chi connectivity index (χ2v) is 9.23. The molecule has 0 fully saturated rings. The minimum atomic E-state index is -1.18. The molecule has 14 heteroatoms. The molecule has 0 aliphatic carbocycles. The molecular formula is C22H24Cl4N6O4. The lowest BCUT2D eigenvalue weighted by Crippen LogP contribution is -2.48. The zero-order valence-corrected chi connectivity index (χ0v) is 21.8. The van der Waals surface area contributed by atoms with Crippen LogP contribution >= 0.6 is 46.4 Å². The first-order valence-electron chi connectivity index (χ1n) is 10.5.